The van der Waals surface area contributed by atoms with E-state index in [2.05, 4.69) is 14.9 Å². The molecule has 1 aliphatic rings. The van der Waals surface area contributed by atoms with E-state index in [0.717, 1.165) is 30.5 Å². The number of halogens is 4. The normalized spacial score (nSPS) is 16.8. The lowest BCUT2D eigenvalue weighted by Gasteiger charge is -2.28. The third kappa shape index (κ3) is 4.68. The maximum atomic E-state index is 14.8. The van der Waals surface area contributed by atoms with Gasteiger partial charge in [0.15, 0.2) is 23.3 Å². The molecule has 29 heavy (non-hydrogen) atoms. The molecule has 0 spiro atoms. The predicted molar refractivity (Wildman–Crippen MR) is 99.7 cm³/mol. The van der Waals surface area contributed by atoms with E-state index in [-0.39, 0.29) is 16.6 Å². The largest absolute Gasteiger partial charge is 0.343 e. The Morgan fingerprint density at radius 1 is 1.07 bits per heavy atom. The third-order valence-electron chi connectivity index (χ3n) is 4.74. The molecule has 1 atom stereocenters. The quantitative estimate of drug-likeness (QED) is 0.564. The van der Waals surface area contributed by atoms with Crippen molar-refractivity contribution in [3.05, 3.63) is 47.3 Å². The molecular weight excluding hydrogens is 412 g/mol. The SMILES string of the molecule is CN1CCC(NS(=O)c2cn(C)c(C(=O)Nc3cc(F)c(F)c(F)c3)c2F)CC1. The van der Waals surface area contributed by atoms with Crippen molar-refractivity contribution in [2.24, 2.45) is 7.05 Å². The van der Waals surface area contributed by atoms with Crippen LogP contribution in [0.5, 0.6) is 0 Å². The van der Waals surface area contributed by atoms with Crippen LogP contribution in [0.3, 0.4) is 0 Å². The number of carbonyl (C=O) groups is 1. The summed E-state index contributed by atoms with van der Waals surface area (Å²) in [6.07, 6.45) is 2.73. The third-order valence-corrected chi connectivity index (χ3v) is 5.97. The van der Waals surface area contributed by atoms with Gasteiger partial charge in [-0.1, -0.05) is 0 Å². The highest BCUT2D eigenvalue weighted by Crippen LogP contribution is 2.22. The fourth-order valence-electron chi connectivity index (χ4n) is 3.12. The van der Waals surface area contributed by atoms with Gasteiger partial charge in [0.2, 0.25) is 0 Å². The van der Waals surface area contributed by atoms with Crippen LogP contribution in [0.1, 0.15) is 23.3 Å². The smallest absolute Gasteiger partial charge is 0.275 e. The van der Waals surface area contributed by atoms with Gasteiger partial charge in [-0.3, -0.25) is 4.79 Å². The number of likely N-dealkylation sites (tertiary alicyclic amines) is 1. The van der Waals surface area contributed by atoms with E-state index in [1.54, 1.807) is 0 Å². The van der Waals surface area contributed by atoms with Crippen molar-refractivity contribution >= 4 is 22.6 Å². The van der Waals surface area contributed by atoms with Crippen LogP contribution in [0, 0.1) is 23.3 Å². The number of piperidine rings is 1. The van der Waals surface area contributed by atoms with Crippen LogP contribution in [0.25, 0.3) is 0 Å². The van der Waals surface area contributed by atoms with Crippen molar-refractivity contribution in [2.45, 2.75) is 23.8 Å². The zero-order valence-corrected chi connectivity index (χ0v) is 16.6. The molecule has 2 N–H and O–H groups in total. The molecule has 1 unspecified atom stereocenters. The second kappa shape index (κ2) is 8.64. The lowest BCUT2D eigenvalue weighted by atomic mass is 10.1. The Morgan fingerprint density at radius 3 is 2.24 bits per heavy atom. The minimum absolute atomic E-state index is 0.0471. The van der Waals surface area contributed by atoms with Gasteiger partial charge in [-0.15, -0.1) is 0 Å². The Kier molecular flexibility index (Phi) is 6.39. The Balaban J connectivity index is 1.76. The summed E-state index contributed by atoms with van der Waals surface area (Å²) in [5.74, 6) is -6.68. The van der Waals surface area contributed by atoms with Gasteiger partial charge in [0.25, 0.3) is 5.91 Å². The summed E-state index contributed by atoms with van der Waals surface area (Å²) >= 11 is 0. The van der Waals surface area contributed by atoms with Gasteiger partial charge in [0.1, 0.15) is 21.6 Å². The number of rotatable bonds is 5. The Hall–Kier alpha value is -2.24. The molecule has 1 aliphatic heterocycles. The molecule has 0 saturated carbocycles. The Morgan fingerprint density at radius 2 is 1.66 bits per heavy atom. The monoisotopic (exact) mass is 432 g/mol. The van der Waals surface area contributed by atoms with Gasteiger partial charge >= 0.3 is 0 Å². The topological polar surface area (TPSA) is 66.4 Å². The Labute approximate surface area is 167 Å². The predicted octanol–water partition coefficient (Wildman–Crippen LogP) is 2.54. The number of aromatic nitrogens is 1. The van der Waals surface area contributed by atoms with Gasteiger partial charge in [0, 0.05) is 37.1 Å². The number of carbonyl (C=O) groups excluding carboxylic acids is 1. The van der Waals surface area contributed by atoms with Crippen LogP contribution in [0.15, 0.2) is 23.2 Å². The summed E-state index contributed by atoms with van der Waals surface area (Å²) in [5.41, 5.74) is -0.845. The van der Waals surface area contributed by atoms with Crippen molar-refractivity contribution < 1.29 is 26.6 Å². The van der Waals surface area contributed by atoms with Crippen LogP contribution in [0.4, 0.5) is 23.2 Å². The molecule has 6 nitrogen and oxygen atoms in total. The number of amides is 1. The fourth-order valence-corrected chi connectivity index (χ4v) is 4.30. The molecule has 1 aromatic carbocycles. The van der Waals surface area contributed by atoms with Gasteiger partial charge in [-0.2, -0.15) is 0 Å². The molecule has 2 aromatic rings. The lowest BCUT2D eigenvalue weighted by Crippen LogP contribution is -2.41. The zero-order valence-electron chi connectivity index (χ0n) is 15.8. The summed E-state index contributed by atoms with van der Waals surface area (Å²) in [4.78, 5) is 14.3. The minimum Gasteiger partial charge on any atom is -0.343 e. The molecule has 2 heterocycles. The summed E-state index contributed by atoms with van der Waals surface area (Å²) in [7, 11) is 1.47. The summed E-state index contributed by atoms with van der Waals surface area (Å²) in [6, 6.07) is 1.12. The molecule has 158 valence electrons. The summed E-state index contributed by atoms with van der Waals surface area (Å²) in [6.45, 7) is 1.65. The fraction of sp³-hybridized carbons (Fsp3) is 0.389. The average Bonchev–Trinajstić information content (AvgIpc) is 2.96. The highest BCUT2D eigenvalue weighted by molar-refractivity contribution is 7.83. The second-order valence-corrected chi connectivity index (χ2v) is 8.15. The molecular formula is C18H20F4N4O2S. The first-order chi connectivity index (χ1) is 13.7. The highest BCUT2D eigenvalue weighted by Gasteiger charge is 2.26. The molecule has 0 aliphatic carbocycles. The number of nitrogens with zero attached hydrogens (tertiary/aromatic N) is 2. The van der Waals surface area contributed by atoms with Crippen LogP contribution >= 0.6 is 0 Å². The molecule has 1 saturated heterocycles. The number of anilines is 1. The maximum Gasteiger partial charge on any atom is 0.275 e. The summed E-state index contributed by atoms with van der Waals surface area (Å²) < 4.78 is 71.0. The number of aryl methyl sites for hydroxylation is 1. The van der Waals surface area contributed by atoms with Gasteiger partial charge in [-0.05, 0) is 33.0 Å². The molecule has 0 radical (unpaired) electrons. The molecule has 3 rings (SSSR count). The molecule has 0 bridgehead atoms. The minimum atomic E-state index is -1.88. The van der Waals surface area contributed by atoms with E-state index < -0.39 is 45.9 Å². The number of hydrogen-bond acceptors (Lipinski definition) is 3. The number of nitrogens with one attached hydrogen (secondary N) is 2. The van der Waals surface area contributed by atoms with Crippen LogP contribution in [0.2, 0.25) is 0 Å². The van der Waals surface area contributed by atoms with Crippen molar-refractivity contribution in [1.29, 1.82) is 0 Å². The second-order valence-electron chi connectivity index (χ2n) is 6.94. The van der Waals surface area contributed by atoms with E-state index in [1.165, 1.54) is 13.2 Å². The average molecular weight is 432 g/mol. The zero-order chi connectivity index (χ0) is 21.3. The van der Waals surface area contributed by atoms with Gasteiger partial charge in [-0.25, -0.2) is 26.5 Å². The van der Waals surface area contributed by atoms with Crippen LogP contribution in [-0.4, -0.2) is 45.8 Å². The lowest BCUT2D eigenvalue weighted by molar-refractivity contribution is 0.101. The molecule has 1 amide bonds. The van der Waals surface area contributed by atoms with E-state index in [9.17, 15) is 26.6 Å². The maximum absolute atomic E-state index is 14.8. The first-order valence-corrected chi connectivity index (χ1v) is 9.99. The highest BCUT2D eigenvalue weighted by atomic mass is 32.2. The van der Waals surface area contributed by atoms with E-state index in [0.29, 0.717) is 12.1 Å². The first kappa shape index (κ1) is 21.5. The van der Waals surface area contributed by atoms with E-state index in [4.69, 9.17) is 0 Å². The molecule has 11 heteroatoms. The standard InChI is InChI=1S/C18H20F4N4O2S/c1-25-5-3-10(4-6-25)24-29(28)14-9-26(2)17(16(14)22)18(27)23-11-7-12(19)15(21)13(20)8-11/h7-10,24H,3-6H2,1-2H3,(H,23,27). The van der Waals surface area contributed by atoms with Crippen molar-refractivity contribution in [1.82, 2.24) is 14.2 Å². The molecule has 1 fully saturated rings. The number of hydrogen-bond donors (Lipinski definition) is 2. The Bertz CT molecular complexity index is 935. The van der Waals surface area contributed by atoms with Gasteiger partial charge < -0.3 is 14.8 Å². The van der Waals surface area contributed by atoms with Gasteiger partial charge in [0.05, 0.1) is 0 Å². The van der Waals surface area contributed by atoms with Crippen LogP contribution < -0.4 is 10.0 Å². The van der Waals surface area contributed by atoms with E-state index >= 15 is 0 Å². The van der Waals surface area contributed by atoms with E-state index in [1.807, 2.05) is 7.05 Å². The van der Waals surface area contributed by atoms with Crippen molar-refractivity contribution in [3.63, 3.8) is 0 Å². The van der Waals surface area contributed by atoms with Crippen molar-refractivity contribution in [3.8, 4) is 0 Å². The molecule has 1 aromatic heterocycles. The number of benzene rings is 1. The van der Waals surface area contributed by atoms with Crippen LogP contribution in [-0.2, 0) is 18.0 Å². The summed E-state index contributed by atoms with van der Waals surface area (Å²) in [5, 5.41) is 2.12. The first-order valence-electron chi connectivity index (χ1n) is 8.84. The van der Waals surface area contributed by atoms with Crippen molar-refractivity contribution in [2.75, 3.05) is 25.5 Å².